The molecule has 2 aliphatic heterocycles. The third kappa shape index (κ3) is 3.88. The van der Waals surface area contributed by atoms with E-state index in [0.717, 1.165) is 48.4 Å². The summed E-state index contributed by atoms with van der Waals surface area (Å²) in [5.41, 5.74) is 3.49. The van der Waals surface area contributed by atoms with Gasteiger partial charge in [0.05, 0.1) is 11.4 Å². The number of hydrogen-bond acceptors (Lipinski definition) is 4. The van der Waals surface area contributed by atoms with Crippen molar-refractivity contribution < 1.29 is 4.79 Å². The number of benzene rings is 1. The van der Waals surface area contributed by atoms with Crippen molar-refractivity contribution in [2.45, 2.75) is 51.6 Å². The average molecular weight is 364 g/mol. The zero-order chi connectivity index (χ0) is 18.8. The Bertz CT molecular complexity index is 787. The summed E-state index contributed by atoms with van der Waals surface area (Å²) in [6.07, 6.45) is 4.79. The van der Waals surface area contributed by atoms with E-state index in [-0.39, 0.29) is 5.91 Å². The van der Waals surface area contributed by atoms with Gasteiger partial charge < -0.3 is 4.90 Å². The second-order valence-electron chi connectivity index (χ2n) is 7.92. The van der Waals surface area contributed by atoms with Gasteiger partial charge in [-0.25, -0.2) is 0 Å². The molecule has 1 amide bonds. The van der Waals surface area contributed by atoms with E-state index < -0.39 is 0 Å². The normalized spacial score (nSPS) is 23.1. The highest BCUT2D eigenvalue weighted by atomic mass is 16.2. The lowest BCUT2D eigenvalue weighted by atomic mass is 10.1. The molecule has 3 heterocycles. The molecule has 0 bridgehead atoms. The van der Waals surface area contributed by atoms with Gasteiger partial charge in [-0.2, -0.15) is 10.2 Å². The van der Waals surface area contributed by atoms with Crippen molar-refractivity contribution in [2.24, 2.45) is 0 Å². The Hall–Kier alpha value is -2.27. The highest BCUT2D eigenvalue weighted by Crippen LogP contribution is 2.25. The van der Waals surface area contributed by atoms with Crippen LogP contribution in [0.2, 0.25) is 0 Å². The van der Waals surface area contributed by atoms with Gasteiger partial charge in [0.1, 0.15) is 0 Å². The fourth-order valence-electron chi connectivity index (χ4n) is 4.33. The number of hydrogen-bond donors (Lipinski definition) is 0. The van der Waals surface area contributed by atoms with E-state index >= 15 is 0 Å². The highest BCUT2D eigenvalue weighted by molar-refractivity contribution is 5.95. The minimum Gasteiger partial charge on any atom is -0.334 e. The van der Waals surface area contributed by atoms with E-state index in [1.165, 1.54) is 19.4 Å². The maximum atomic E-state index is 13.1. The van der Waals surface area contributed by atoms with Gasteiger partial charge in [-0.05, 0) is 70.3 Å². The van der Waals surface area contributed by atoms with Crippen molar-refractivity contribution in [2.75, 3.05) is 19.6 Å². The predicted molar refractivity (Wildman–Crippen MR) is 107 cm³/mol. The smallest absolute Gasteiger partial charge is 0.254 e. The quantitative estimate of drug-likeness (QED) is 0.833. The lowest BCUT2D eigenvalue weighted by molar-refractivity contribution is 0.0697. The molecule has 142 valence electrons. The van der Waals surface area contributed by atoms with Crippen LogP contribution in [0.3, 0.4) is 0 Å². The van der Waals surface area contributed by atoms with Crippen LogP contribution < -0.4 is 0 Å². The Labute approximate surface area is 161 Å². The summed E-state index contributed by atoms with van der Waals surface area (Å²) >= 11 is 0. The first-order chi connectivity index (χ1) is 13.1. The van der Waals surface area contributed by atoms with Gasteiger partial charge in [0.25, 0.3) is 5.91 Å². The Balaban J connectivity index is 1.46. The molecule has 2 aliphatic rings. The van der Waals surface area contributed by atoms with Crippen LogP contribution in [-0.4, -0.2) is 57.6 Å². The van der Waals surface area contributed by atoms with Crippen molar-refractivity contribution in [3.8, 4) is 11.3 Å². The van der Waals surface area contributed by atoms with Crippen LogP contribution in [0.5, 0.6) is 0 Å². The first-order valence-electron chi connectivity index (χ1n) is 10.1. The third-order valence-corrected chi connectivity index (χ3v) is 6.00. The van der Waals surface area contributed by atoms with Crippen LogP contribution >= 0.6 is 0 Å². The van der Waals surface area contributed by atoms with Crippen molar-refractivity contribution in [1.29, 1.82) is 0 Å². The Kier molecular flexibility index (Phi) is 5.21. The molecule has 4 rings (SSSR count). The molecule has 0 N–H and O–H groups in total. The number of carbonyl (C=O) groups is 1. The molecule has 0 aliphatic carbocycles. The highest BCUT2D eigenvalue weighted by Gasteiger charge is 2.32. The fourth-order valence-corrected chi connectivity index (χ4v) is 4.33. The molecule has 5 nitrogen and oxygen atoms in total. The molecule has 5 heteroatoms. The number of aryl methyl sites for hydroxylation is 1. The van der Waals surface area contributed by atoms with Crippen molar-refractivity contribution >= 4 is 5.91 Å². The van der Waals surface area contributed by atoms with Crippen molar-refractivity contribution in [3.63, 3.8) is 0 Å². The third-order valence-electron chi connectivity index (χ3n) is 6.00. The van der Waals surface area contributed by atoms with Gasteiger partial charge in [0, 0.05) is 36.3 Å². The Morgan fingerprint density at radius 3 is 2.48 bits per heavy atom. The molecule has 2 saturated heterocycles. The monoisotopic (exact) mass is 364 g/mol. The summed E-state index contributed by atoms with van der Waals surface area (Å²) in [5, 5.41) is 8.34. The SMILES string of the molecule is Cc1ccc(-c2ccc(C(=O)N3CCCC3CN3CCCC3C)cc2)nn1. The van der Waals surface area contributed by atoms with Crippen molar-refractivity contribution in [3.05, 3.63) is 47.7 Å². The van der Waals surface area contributed by atoms with Crippen LogP contribution in [-0.2, 0) is 0 Å². The summed E-state index contributed by atoms with van der Waals surface area (Å²) in [4.78, 5) is 17.7. The van der Waals surface area contributed by atoms with E-state index in [2.05, 4.69) is 26.9 Å². The maximum Gasteiger partial charge on any atom is 0.254 e. The van der Waals surface area contributed by atoms with E-state index in [1.807, 2.05) is 43.3 Å². The summed E-state index contributed by atoms with van der Waals surface area (Å²) in [5.74, 6) is 0.158. The van der Waals surface area contributed by atoms with Gasteiger partial charge in [-0.15, -0.1) is 0 Å². The van der Waals surface area contributed by atoms with E-state index in [4.69, 9.17) is 0 Å². The Morgan fingerprint density at radius 1 is 1.04 bits per heavy atom. The molecule has 1 aromatic heterocycles. The lowest BCUT2D eigenvalue weighted by Crippen LogP contribution is -2.44. The molecule has 2 unspecified atom stereocenters. The number of rotatable bonds is 4. The van der Waals surface area contributed by atoms with Crippen LogP contribution in [0.15, 0.2) is 36.4 Å². The second kappa shape index (κ2) is 7.77. The molecule has 2 fully saturated rings. The second-order valence-corrected chi connectivity index (χ2v) is 7.92. The maximum absolute atomic E-state index is 13.1. The van der Waals surface area contributed by atoms with Crippen LogP contribution in [0.4, 0.5) is 0 Å². The molecule has 2 aromatic rings. The van der Waals surface area contributed by atoms with E-state index in [9.17, 15) is 4.79 Å². The van der Waals surface area contributed by atoms with E-state index in [0.29, 0.717) is 12.1 Å². The van der Waals surface area contributed by atoms with Gasteiger partial charge in [0.2, 0.25) is 0 Å². The topological polar surface area (TPSA) is 49.3 Å². The molecule has 0 radical (unpaired) electrons. The van der Waals surface area contributed by atoms with Crippen molar-refractivity contribution in [1.82, 2.24) is 20.0 Å². The zero-order valence-corrected chi connectivity index (χ0v) is 16.3. The number of nitrogens with zero attached hydrogens (tertiary/aromatic N) is 4. The number of amides is 1. The molecule has 0 spiro atoms. The lowest BCUT2D eigenvalue weighted by Gasteiger charge is -2.30. The van der Waals surface area contributed by atoms with Gasteiger partial charge in [0.15, 0.2) is 0 Å². The minimum atomic E-state index is 0.158. The fraction of sp³-hybridized carbons (Fsp3) is 0.500. The summed E-state index contributed by atoms with van der Waals surface area (Å²) in [6, 6.07) is 12.7. The average Bonchev–Trinajstić information content (AvgIpc) is 3.32. The van der Waals surface area contributed by atoms with Gasteiger partial charge in [-0.3, -0.25) is 9.69 Å². The summed E-state index contributed by atoms with van der Waals surface area (Å²) in [6.45, 7) is 7.29. The molecule has 1 aromatic carbocycles. The largest absolute Gasteiger partial charge is 0.334 e. The molecule has 27 heavy (non-hydrogen) atoms. The molecule has 2 atom stereocenters. The van der Waals surface area contributed by atoms with Gasteiger partial charge >= 0.3 is 0 Å². The Morgan fingerprint density at radius 2 is 1.81 bits per heavy atom. The summed E-state index contributed by atoms with van der Waals surface area (Å²) in [7, 11) is 0. The molecule has 0 saturated carbocycles. The number of carbonyl (C=O) groups excluding carboxylic acids is 1. The predicted octanol–water partition coefficient (Wildman–Crippen LogP) is 3.54. The summed E-state index contributed by atoms with van der Waals surface area (Å²) < 4.78 is 0. The molecular formula is C22H28N4O. The first kappa shape index (κ1) is 18.1. The standard InChI is InChI=1S/C22H28N4O/c1-16-7-12-21(24-23-16)18-8-10-19(11-9-18)22(27)26-14-4-6-20(26)15-25-13-3-5-17(25)2/h7-12,17,20H,3-6,13-15H2,1-2H3. The number of aromatic nitrogens is 2. The minimum absolute atomic E-state index is 0.158. The number of likely N-dealkylation sites (tertiary alicyclic amines) is 2. The van der Waals surface area contributed by atoms with Crippen LogP contribution in [0, 0.1) is 6.92 Å². The molecular weight excluding hydrogens is 336 g/mol. The van der Waals surface area contributed by atoms with Crippen LogP contribution in [0.25, 0.3) is 11.3 Å². The van der Waals surface area contributed by atoms with E-state index in [1.54, 1.807) is 0 Å². The van der Waals surface area contributed by atoms with Crippen LogP contribution in [0.1, 0.15) is 48.7 Å². The first-order valence-corrected chi connectivity index (χ1v) is 10.1. The zero-order valence-electron chi connectivity index (χ0n) is 16.3. The van der Waals surface area contributed by atoms with Gasteiger partial charge in [-0.1, -0.05) is 12.1 Å².